The van der Waals surface area contributed by atoms with E-state index in [0.717, 1.165) is 38.0 Å². The molecule has 0 aliphatic heterocycles. The van der Waals surface area contributed by atoms with E-state index in [1.807, 2.05) is 30.3 Å². The number of nitrogens with one attached hydrogen (secondary N) is 1. The van der Waals surface area contributed by atoms with Gasteiger partial charge in [0.25, 0.3) is 11.1 Å². The number of thiophene rings is 1. The lowest BCUT2D eigenvalue weighted by atomic mass is 9.99. The summed E-state index contributed by atoms with van der Waals surface area (Å²) >= 11 is 1.66. The molecule has 0 saturated carbocycles. The third-order valence-electron chi connectivity index (χ3n) is 5.78. The van der Waals surface area contributed by atoms with Crippen molar-refractivity contribution in [2.45, 2.75) is 6.92 Å². The molecule has 1 N–H and O–H groups in total. The molecular weight excluding hydrogens is 444 g/mol. The van der Waals surface area contributed by atoms with Crippen LogP contribution in [0.3, 0.4) is 0 Å². The standard InChI is InChI=1S/C27H18N4O2S/c1-16-7-10-23(34-16)25-20(17-8-9-21-18(13-17)5-4-11-28-21)14-19-15-22(27(33)30-26(19)29-25)31-12-3-2-6-24(31)32/h2-15H,1H3,(H,29,30,33). The third kappa shape index (κ3) is 3.43. The van der Waals surface area contributed by atoms with Crippen molar-refractivity contribution in [2.24, 2.45) is 0 Å². The Morgan fingerprint density at radius 1 is 0.912 bits per heavy atom. The van der Waals surface area contributed by atoms with Crippen molar-refractivity contribution in [1.29, 1.82) is 0 Å². The molecule has 0 saturated heterocycles. The van der Waals surface area contributed by atoms with E-state index in [9.17, 15) is 9.59 Å². The Hall–Kier alpha value is -4.36. The van der Waals surface area contributed by atoms with Gasteiger partial charge in [-0.2, -0.15) is 0 Å². The number of nitrogens with zero attached hydrogens (tertiary/aromatic N) is 3. The van der Waals surface area contributed by atoms with Crippen LogP contribution in [0.25, 0.3) is 49.3 Å². The van der Waals surface area contributed by atoms with Crippen LogP contribution >= 0.6 is 11.3 Å². The number of rotatable bonds is 3. The molecule has 1 aromatic carbocycles. The maximum absolute atomic E-state index is 12.9. The predicted molar refractivity (Wildman–Crippen MR) is 137 cm³/mol. The largest absolute Gasteiger partial charge is 0.305 e. The van der Waals surface area contributed by atoms with E-state index < -0.39 is 0 Å². The van der Waals surface area contributed by atoms with Gasteiger partial charge in [-0.15, -0.1) is 11.3 Å². The molecule has 0 aliphatic carbocycles. The van der Waals surface area contributed by atoms with Crippen molar-refractivity contribution >= 4 is 33.3 Å². The van der Waals surface area contributed by atoms with Crippen LogP contribution in [0.4, 0.5) is 0 Å². The molecule has 0 amide bonds. The summed E-state index contributed by atoms with van der Waals surface area (Å²) < 4.78 is 1.34. The van der Waals surface area contributed by atoms with Gasteiger partial charge in [-0.1, -0.05) is 18.2 Å². The highest BCUT2D eigenvalue weighted by Crippen LogP contribution is 2.37. The average Bonchev–Trinajstić information content (AvgIpc) is 3.29. The normalized spacial score (nSPS) is 11.3. The Balaban J connectivity index is 1.65. The summed E-state index contributed by atoms with van der Waals surface area (Å²) in [5.74, 6) is 0. The number of fused-ring (bicyclic) bond motifs is 2. The van der Waals surface area contributed by atoms with Gasteiger partial charge in [-0.05, 0) is 61.0 Å². The first-order chi connectivity index (χ1) is 16.6. The second-order valence-corrected chi connectivity index (χ2v) is 9.32. The van der Waals surface area contributed by atoms with Gasteiger partial charge >= 0.3 is 0 Å². The monoisotopic (exact) mass is 462 g/mol. The van der Waals surface area contributed by atoms with E-state index in [4.69, 9.17) is 4.98 Å². The van der Waals surface area contributed by atoms with Crippen LogP contribution in [0.1, 0.15) is 4.88 Å². The van der Waals surface area contributed by atoms with Crippen molar-refractivity contribution in [3.05, 3.63) is 111 Å². The van der Waals surface area contributed by atoms with Crippen LogP contribution in [0.5, 0.6) is 0 Å². The fraction of sp³-hybridized carbons (Fsp3) is 0.0370. The van der Waals surface area contributed by atoms with E-state index in [1.54, 1.807) is 41.9 Å². The van der Waals surface area contributed by atoms with Gasteiger partial charge < -0.3 is 4.98 Å². The molecule has 0 fully saturated rings. The third-order valence-corrected chi connectivity index (χ3v) is 6.79. The van der Waals surface area contributed by atoms with Gasteiger partial charge in [0.2, 0.25) is 0 Å². The van der Waals surface area contributed by atoms with Crippen LogP contribution in [0, 0.1) is 6.92 Å². The highest BCUT2D eigenvalue weighted by Gasteiger charge is 2.16. The Morgan fingerprint density at radius 3 is 2.65 bits per heavy atom. The second-order valence-electron chi connectivity index (χ2n) is 8.04. The number of aromatic nitrogens is 4. The SMILES string of the molecule is Cc1ccc(-c2nc3[nH]c(=O)c(-n4ccccc4=O)cc3cc2-c2ccc3ncccc3c2)s1. The number of H-pyrrole nitrogens is 1. The molecule has 0 unspecified atom stereocenters. The summed E-state index contributed by atoms with van der Waals surface area (Å²) in [6.45, 7) is 2.06. The van der Waals surface area contributed by atoms with Crippen molar-refractivity contribution in [3.63, 3.8) is 0 Å². The Bertz CT molecular complexity index is 1830. The minimum atomic E-state index is -0.369. The zero-order chi connectivity index (χ0) is 23.2. The number of pyridine rings is 4. The molecule has 0 aliphatic rings. The summed E-state index contributed by atoms with van der Waals surface area (Å²) in [7, 11) is 0. The molecular formula is C27H18N4O2S. The fourth-order valence-corrected chi connectivity index (χ4v) is 5.01. The fourth-order valence-electron chi connectivity index (χ4n) is 4.14. The molecule has 0 radical (unpaired) electrons. The highest BCUT2D eigenvalue weighted by molar-refractivity contribution is 7.15. The molecule has 5 aromatic heterocycles. The predicted octanol–water partition coefficient (Wildman–Crippen LogP) is 5.33. The van der Waals surface area contributed by atoms with E-state index in [2.05, 4.69) is 35.1 Å². The Morgan fingerprint density at radius 2 is 1.82 bits per heavy atom. The summed E-state index contributed by atoms with van der Waals surface area (Å²) in [5.41, 5.74) is 3.76. The molecule has 34 heavy (non-hydrogen) atoms. The molecule has 6 rings (SSSR count). The van der Waals surface area contributed by atoms with E-state index in [1.165, 1.54) is 15.5 Å². The van der Waals surface area contributed by atoms with Gasteiger partial charge in [-0.25, -0.2) is 4.98 Å². The summed E-state index contributed by atoms with van der Waals surface area (Å²) in [4.78, 5) is 39.6. The second kappa shape index (κ2) is 7.90. The van der Waals surface area contributed by atoms with Gasteiger partial charge in [0.15, 0.2) is 0 Å². The lowest BCUT2D eigenvalue weighted by molar-refractivity contribution is 0.965. The van der Waals surface area contributed by atoms with Crippen LogP contribution in [-0.4, -0.2) is 19.5 Å². The molecule has 0 spiro atoms. The van der Waals surface area contributed by atoms with Crippen molar-refractivity contribution < 1.29 is 0 Å². The molecule has 5 heterocycles. The molecule has 164 valence electrons. The minimum absolute atomic E-state index is 0.258. The van der Waals surface area contributed by atoms with Crippen molar-refractivity contribution in [1.82, 2.24) is 19.5 Å². The van der Waals surface area contributed by atoms with E-state index in [-0.39, 0.29) is 16.8 Å². The summed E-state index contributed by atoms with van der Waals surface area (Å²) in [5, 5.41) is 1.77. The first kappa shape index (κ1) is 20.3. The lowest BCUT2D eigenvalue weighted by Crippen LogP contribution is -2.23. The number of hydrogen-bond donors (Lipinski definition) is 1. The zero-order valence-electron chi connectivity index (χ0n) is 18.1. The lowest BCUT2D eigenvalue weighted by Gasteiger charge is -2.12. The van der Waals surface area contributed by atoms with Gasteiger partial charge in [-0.3, -0.25) is 19.1 Å². The van der Waals surface area contributed by atoms with Crippen LogP contribution < -0.4 is 11.1 Å². The van der Waals surface area contributed by atoms with E-state index >= 15 is 0 Å². The minimum Gasteiger partial charge on any atom is -0.305 e. The Labute approximate surface area is 197 Å². The van der Waals surface area contributed by atoms with Gasteiger partial charge in [0.05, 0.1) is 16.1 Å². The first-order valence-corrected chi connectivity index (χ1v) is 11.6. The van der Waals surface area contributed by atoms with Crippen LogP contribution in [0.2, 0.25) is 0 Å². The van der Waals surface area contributed by atoms with Crippen molar-refractivity contribution in [3.8, 4) is 27.4 Å². The number of aryl methyl sites for hydroxylation is 1. The molecule has 7 heteroatoms. The molecule has 6 nitrogen and oxygen atoms in total. The number of benzene rings is 1. The smallest absolute Gasteiger partial charge is 0.273 e. The summed E-state index contributed by atoms with van der Waals surface area (Å²) in [6, 6.07) is 22.8. The molecule has 0 atom stereocenters. The summed E-state index contributed by atoms with van der Waals surface area (Å²) in [6.07, 6.45) is 3.37. The van der Waals surface area contributed by atoms with Gasteiger partial charge in [0, 0.05) is 39.7 Å². The highest BCUT2D eigenvalue weighted by atomic mass is 32.1. The molecule has 6 aromatic rings. The Kier molecular flexibility index (Phi) is 4.71. The number of aromatic amines is 1. The maximum Gasteiger partial charge on any atom is 0.273 e. The molecule has 0 bridgehead atoms. The first-order valence-electron chi connectivity index (χ1n) is 10.7. The van der Waals surface area contributed by atoms with Crippen LogP contribution in [0.15, 0.2) is 94.8 Å². The maximum atomic E-state index is 12.9. The van der Waals surface area contributed by atoms with E-state index in [0.29, 0.717) is 5.65 Å². The van der Waals surface area contributed by atoms with Gasteiger partial charge in [0.1, 0.15) is 11.3 Å². The van der Waals surface area contributed by atoms with Crippen LogP contribution in [-0.2, 0) is 0 Å². The topological polar surface area (TPSA) is 80.6 Å². The van der Waals surface area contributed by atoms with Crippen molar-refractivity contribution in [2.75, 3.05) is 0 Å². The quantitative estimate of drug-likeness (QED) is 0.386. The number of hydrogen-bond acceptors (Lipinski definition) is 5. The average molecular weight is 463 g/mol. The zero-order valence-corrected chi connectivity index (χ0v) is 19.0.